The lowest BCUT2D eigenvalue weighted by Gasteiger charge is -2.25. The molecule has 0 amide bonds. The SMILES string of the molecule is Cn1c(CN(CC(O)c2ccc(F)cc2)C2CC2)nc2ccccc21. The second kappa shape index (κ2) is 6.58. The van der Waals surface area contributed by atoms with Gasteiger partial charge < -0.3 is 9.67 Å². The zero-order valence-corrected chi connectivity index (χ0v) is 14.3. The highest BCUT2D eigenvalue weighted by atomic mass is 19.1. The summed E-state index contributed by atoms with van der Waals surface area (Å²) in [7, 11) is 2.03. The predicted octanol–water partition coefficient (Wildman–Crippen LogP) is 3.41. The molecule has 1 N–H and O–H groups in total. The number of aromatic nitrogens is 2. The summed E-state index contributed by atoms with van der Waals surface area (Å²) in [5.41, 5.74) is 2.86. The van der Waals surface area contributed by atoms with Crippen molar-refractivity contribution in [2.75, 3.05) is 6.54 Å². The average molecular weight is 339 g/mol. The summed E-state index contributed by atoms with van der Waals surface area (Å²) in [5, 5.41) is 10.6. The minimum atomic E-state index is -0.629. The number of hydrogen-bond donors (Lipinski definition) is 1. The van der Waals surface area contributed by atoms with Crippen molar-refractivity contribution in [1.29, 1.82) is 0 Å². The normalized spacial score (nSPS) is 15.8. The molecule has 0 radical (unpaired) electrons. The number of imidazole rings is 1. The quantitative estimate of drug-likeness (QED) is 0.748. The fourth-order valence-corrected chi connectivity index (χ4v) is 3.31. The Balaban J connectivity index is 1.53. The van der Waals surface area contributed by atoms with Gasteiger partial charge in [0.05, 0.1) is 23.7 Å². The van der Waals surface area contributed by atoms with Crippen molar-refractivity contribution in [3.63, 3.8) is 0 Å². The van der Waals surface area contributed by atoms with Crippen LogP contribution in [0.25, 0.3) is 11.0 Å². The summed E-state index contributed by atoms with van der Waals surface area (Å²) in [6, 6.07) is 14.7. The number of nitrogens with zero attached hydrogens (tertiary/aromatic N) is 3. The molecule has 4 rings (SSSR count). The molecule has 1 saturated carbocycles. The van der Waals surface area contributed by atoms with Crippen molar-refractivity contribution in [3.8, 4) is 0 Å². The van der Waals surface area contributed by atoms with Gasteiger partial charge in [0.2, 0.25) is 0 Å². The maximum Gasteiger partial charge on any atom is 0.123 e. The van der Waals surface area contributed by atoms with E-state index in [4.69, 9.17) is 4.98 Å². The van der Waals surface area contributed by atoms with Gasteiger partial charge in [-0.15, -0.1) is 0 Å². The zero-order chi connectivity index (χ0) is 17.4. The number of rotatable bonds is 6. The second-order valence-corrected chi connectivity index (χ2v) is 6.80. The Labute approximate surface area is 146 Å². The molecule has 5 heteroatoms. The molecule has 1 unspecified atom stereocenters. The molecule has 3 aromatic rings. The fraction of sp³-hybridized carbons (Fsp3) is 0.350. The third kappa shape index (κ3) is 3.43. The molecule has 0 aliphatic heterocycles. The van der Waals surface area contributed by atoms with Gasteiger partial charge in [0.25, 0.3) is 0 Å². The molecular weight excluding hydrogens is 317 g/mol. The Hall–Kier alpha value is -2.24. The summed E-state index contributed by atoms with van der Waals surface area (Å²) in [5.74, 6) is 0.717. The first-order valence-corrected chi connectivity index (χ1v) is 8.70. The molecule has 2 aromatic carbocycles. The smallest absolute Gasteiger partial charge is 0.123 e. The van der Waals surface area contributed by atoms with Crippen LogP contribution in [-0.2, 0) is 13.6 Å². The first-order valence-electron chi connectivity index (χ1n) is 8.70. The fourth-order valence-electron chi connectivity index (χ4n) is 3.31. The van der Waals surface area contributed by atoms with Crippen LogP contribution in [0.15, 0.2) is 48.5 Å². The van der Waals surface area contributed by atoms with Crippen LogP contribution in [0.5, 0.6) is 0 Å². The highest BCUT2D eigenvalue weighted by Crippen LogP contribution is 2.30. The van der Waals surface area contributed by atoms with Gasteiger partial charge >= 0.3 is 0 Å². The molecule has 25 heavy (non-hydrogen) atoms. The molecule has 130 valence electrons. The molecule has 1 fully saturated rings. The first kappa shape index (κ1) is 16.2. The number of aliphatic hydroxyl groups is 1. The molecule has 1 aromatic heterocycles. The lowest BCUT2D eigenvalue weighted by atomic mass is 10.1. The largest absolute Gasteiger partial charge is 0.387 e. The van der Waals surface area contributed by atoms with Crippen molar-refractivity contribution < 1.29 is 9.50 Å². The number of para-hydroxylation sites is 2. The van der Waals surface area contributed by atoms with Crippen LogP contribution >= 0.6 is 0 Å². The Morgan fingerprint density at radius 1 is 1.20 bits per heavy atom. The molecule has 1 aliphatic rings. The third-order valence-corrected chi connectivity index (χ3v) is 4.95. The van der Waals surface area contributed by atoms with Crippen molar-refractivity contribution in [2.24, 2.45) is 7.05 Å². The van der Waals surface area contributed by atoms with Gasteiger partial charge in [0.15, 0.2) is 0 Å². The molecule has 0 saturated heterocycles. The summed E-state index contributed by atoms with van der Waals surface area (Å²) >= 11 is 0. The van der Waals surface area contributed by atoms with Crippen LogP contribution in [-0.4, -0.2) is 32.1 Å². The molecule has 1 heterocycles. The standard InChI is InChI=1S/C20H22FN3O/c1-23-18-5-3-2-4-17(18)22-20(23)13-24(16-10-11-16)12-19(25)14-6-8-15(21)9-7-14/h2-9,16,19,25H,10-13H2,1H3. The van der Waals surface area contributed by atoms with E-state index in [1.54, 1.807) is 12.1 Å². The van der Waals surface area contributed by atoms with Crippen molar-refractivity contribution in [3.05, 3.63) is 65.7 Å². The highest BCUT2D eigenvalue weighted by molar-refractivity contribution is 5.75. The van der Waals surface area contributed by atoms with Gasteiger partial charge in [-0.05, 0) is 42.7 Å². The van der Waals surface area contributed by atoms with Gasteiger partial charge in [-0.3, -0.25) is 4.90 Å². The Morgan fingerprint density at radius 3 is 2.60 bits per heavy atom. The second-order valence-electron chi connectivity index (χ2n) is 6.80. The van der Waals surface area contributed by atoms with Crippen molar-refractivity contribution in [1.82, 2.24) is 14.5 Å². The molecule has 4 nitrogen and oxygen atoms in total. The Kier molecular flexibility index (Phi) is 4.27. The Bertz CT molecular complexity index is 870. The predicted molar refractivity (Wildman–Crippen MR) is 95.5 cm³/mol. The molecule has 0 bridgehead atoms. The molecule has 1 atom stereocenters. The Morgan fingerprint density at radius 2 is 1.92 bits per heavy atom. The van der Waals surface area contributed by atoms with Crippen LogP contribution < -0.4 is 0 Å². The minimum Gasteiger partial charge on any atom is -0.387 e. The van der Waals surface area contributed by atoms with Gasteiger partial charge in [-0.25, -0.2) is 9.37 Å². The lowest BCUT2D eigenvalue weighted by molar-refractivity contribution is 0.102. The number of aryl methyl sites for hydroxylation is 1. The van der Waals surface area contributed by atoms with E-state index < -0.39 is 6.10 Å². The number of hydrogen-bond acceptors (Lipinski definition) is 3. The van der Waals surface area contributed by atoms with E-state index in [0.717, 1.165) is 35.3 Å². The van der Waals surface area contributed by atoms with Gasteiger partial charge in [-0.2, -0.15) is 0 Å². The number of benzene rings is 2. The molecule has 0 spiro atoms. The van der Waals surface area contributed by atoms with Gasteiger partial charge in [-0.1, -0.05) is 24.3 Å². The maximum atomic E-state index is 13.1. The van der Waals surface area contributed by atoms with Crippen molar-refractivity contribution >= 4 is 11.0 Å². The van der Waals surface area contributed by atoms with E-state index in [0.29, 0.717) is 19.1 Å². The van der Waals surface area contributed by atoms with Crippen LogP contribution in [0.2, 0.25) is 0 Å². The van der Waals surface area contributed by atoms with E-state index in [9.17, 15) is 9.50 Å². The average Bonchev–Trinajstić information content (AvgIpc) is 3.41. The van der Waals surface area contributed by atoms with Crippen LogP contribution in [0.1, 0.15) is 30.3 Å². The minimum absolute atomic E-state index is 0.283. The van der Waals surface area contributed by atoms with Gasteiger partial charge in [0.1, 0.15) is 11.6 Å². The number of halogens is 1. The number of fused-ring (bicyclic) bond motifs is 1. The molecular formula is C20H22FN3O. The van der Waals surface area contributed by atoms with E-state index in [1.165, 1.54) is 12.1 Å². The van der Waals surface area contributed by atoms with Gasteiger partial charge in [0, 0.05) is 19.6 Å². The van der Waals surface area contributed by atoms with E-state index in [2.05, 4.69) is 15.5 Å². The van der Waals surface area contributed by atoms with E-state index >= 15 is 0 Å². The van der Waals surface area contributed by atoms with Crippen LogP contribution in [0, 0.1) is 5.82 Å². The van der Waals surface area contributed by atoms with E-state index in [1.807, 2.05) is 25.2 Å². The maximum absolute atomic E-state index is 13.1. The monoisotopic (exact) mass is 339 g/mol. The van der Waals surface area contributed by atoms with E-state index in [-0.39, 0.29) is 5.82 Å². The third-order valence-electron chi connectivity index (χ3n) is 4.95. The zero-order valence-electron chi connectivity index (χ0n) is 14.3. The van der Waals surface area contributed by atoms with Crippen molar-refractivity contribution in [2.45, 2.75) is 31.5 Å². The first-order chi connectivity index (χ1) is 12.1. The summed E-state index contributed by atoms with van der Waals surface area (Å²) in [6.07, 6.45) is 1.68. The van der Waals surface area contributed by atoms with Crippen LogP contribution in [0.4, 0.5) is 4.39 Å². The summed E-state index contributed by atoms with van der Waals surface area (Å²) < 4.78 is 15.2. The molecule has 1 aliphatic carbocycles. The highest BCUT2D eigenvalue weighted by Gasteiger charge is 2.31. The lowest BCUT2D eigenvalue weighted by Crippen LogP contribution is -2.31. The summed E-state index contributed by atoms with van der Waals surface area (Å²) in [6.45, 7) is 1.23. The summed E-state index contributed by atoms with van der Waals surface area (Å²) in [4.78, 5) is 7.03. The van der Waals surface area contributed by atoms with Crippen LogP contribution in [0.3, 0.4) is 0 Å². The number of aliphatic hydroxyl groups excluding tert-OH is 1. The topological polar surface area (TPSA) is 41.3 Å².